The summed E-state index contributed by atoms with van der Waals surface area (Å²) >= 11 is 0. The highest BCUT2D eigenvalue weighted by Crippen LogP contribution is 2.16. The number of carbonyl (C=O) groups is 1. The van der Waals surface area contributed by atoms with E-state index in [1.807, 2.05) is 19.1 Å². The van der Waals surface area contributed by atoms with Gasteiger partial charge in [0, 0.05) is 24.6 Å². The first-order chi connectivity index (χ1) is 11.7. The van der Waals surface area contributed by atoms with Crippen molar-refractivity contribution in [2.24, 2.45) is 0 Å². The zero-order valence-corrected chi connectivity index (χ0v) is 14.2. The first-order valence-corrected chi connectivity index (χ1v) is 8.33. The van der Waals surface area contributed by atoms with Crippen molar-refractivity contribution in [2.45, 2.75) is 33.1 Å². The second-order valence-electron chi connectivity index (χ2n) is 5.34. The number of carbonyl (C=O) groups excluding carboxylic acids is 1. The lowest BCUT2D eigenvalue weighted by atomic mass is 10.2. The Balaban J connectivity index is 1.87. The van der Waals surface area contributed by atoms with Gasteiger partial charge in [-0.2, -0.15) is 0 Å². The van der Waals surface area contributed by atoms with Gasteiger partial charge in [-0.3, -0.25) is 4.79 Å². The molecule has 6 heteroatoms. The van der Waals surface area contributed by atoms with Crippen LogP contribution in [0.3, 0.4) is 0 Å². The van der Waals surface area contributed by atoms with E-state index in [-0.39, 0.29) is 5.91 Å². The minimum absolute atomic E-state index is 0.239. The molecule has 24 heavy (non-hydrogen) atoms. The topological polar surface area (TPSA) is 76.1 Å². The molecule has 128 valence electrons. The summed E-state index contributed by atoms with van der Waals surface area (Å²) in [7, 11) is 0. The maximum absolute atomic E-state index is 12.2. The minimum atomic E-state index is -0.239. The fourth-order valence-electron chi connectivity index (χ4n) is 2.12. The highest BCUT2D eigenvalue weighted by Gasteiger charge is 2.08. The number of amides is 1. The first-order valence-electron chi connectivity index (χ1n) is 8.33. The predicted octanol–water partition coefficient (Wildman–Crippen LogP) is 3.73. The van der Waals surface area contributed by atoms with Gasteiger partial charge in [-0.1, -0.05) is 19.8 Å². The molecule has 0 radical (unpaired) electrons. The minimum Gasteiger partial charge on any atom is -0.494 e. The van der Waals surface area contributed by atoms with Gasteiger partial charge in [0.25, 0.3) is 5.91 Å². The third kappa shape index (κ3) is 5.53. The molecule has 6 nitrogen and oxygen atoms in total. The van der Waals surface area contributed by atoms with Crippen LogP contribution < -0.4 is 15.4 Å². The van der Waals surface area contributed by atoms with E-state index in [2.05, 4.69) is 27.5 Å². The molecule has 2 N–H and O–H groups in total. The van der Waals surface area contributed by atoms with Crippen LogP contribution in [0.2, 0.25) is 0 Å². The lowest BCUT2D eigenvalue weighted by Crippen LogP contribution is -2.13. The molecule has 1 heterocycles. The van der Waals surface area contributed by atoms with E-state index in [4.69, 9.17) is 4.74 Å². The molecule has 0 aliphatic rings. The van der Waals surface area contributed by atoms with E-state index in [1.165, 1.54) is 25.2 Å². The third-order valence-electron chi connectivity index (χ3n) is 3.40. The molecule has 0 saturated carbocycles. The largest absolute Gasteiger partial charge is 0.494 e. The number of rotatable bonds is 9. The van der Waals surface area contributed by atoms with E-state index in [0.29, 0.717) is 23.8 Å². The Kier molecular flexibility index (Phi) is 7.01. The fraction of sp³-hybridized carbons (Fsp3) is 0.389. The van der Waals surface area contributed by atoms with Crippen molar-refractivity contribution in [3.63, 3.8) is 0 Å². The van der Waals surface area contributed by atoms with Crippen molar-refractivity contribution in [2.75, 3.05) is 23.8 Å². The Labute approximate surface area is 142 Å². The van der Waals surface area contributed by atoms with Crippen LogP contribution in [0.5, 0.6) is 5.75 Å². The molecule has 0 fully saturated rings. The number of hydrogen-bond donors (Lipinski definition) is 2. The maximum atomic E-state index is 12.2. The van der Waals surface area contributed by atoms with E-state index in [0.717, 1.165) is 18.7 Å². The number of nitrogens with zero attached hydrogens (tertiary/aromatic N) is 2. The number of ether oxygens (including phenoxy) is 1. The van der Waals surface area contributed by atoms with E-state index in [9.17, 15) is 4.79 Å². The van der Waals surface area contributed by atoms with Crippen molar-refractivity contribution in [3.05, 3.63) is 42.2 Å². The van der Waals surface area contributed by atoms with Crippen molar-refractivity contribution in [1.82, 2.24) is 9.97 Å². The zero-order valence-electron chi connectivity index (χ0n) is 14.2. The van der Waals surface area contributed by atoms with Gasteiger partial charge < -0.3 is 15.4 Å². The van der Waals surface area contributed by atoms with E-state index >= 15 is 0 Å². The molecule has 0 saturated heterocycles. The van der Waals surface area contributed by atoms with Gasteiger partial charge in [-0.15, -0.1) is 0 Å². The first kappa shape index (κ1) is 17.7. The second kappa shape index (κ2) is 9.50. The molecule has 1 aromatic carbocycles. The molecule has 1 aromatic heterocycles. The SMILES string of the molecule is CCCCCNc1ncc(C(=O)Nc2ccc(OCC)cc2)cn1. The fourth-order valence-corrected chi connectivity index (χ4v) is 2.12. The summed E-state index contributed by atoms with van der Waals surface area (Å²) in [6.45, 7) is 5.54. The average Bonchev–Trinajstić information content (AvgIpc) is 2.61. The van der Waals surface area contributed by atoms with Crippen molar-refractivity contribution >= 4 is 17.5 Å². The number of unbranched alkanes of at least 4 members (excludes halogenated alkanes) is 2. The third-order valence-corrected chi connectivity index (χ3v) is 3.40. The summed E-state index contributed by atoms with van der Waals surface area (Å²) in [6.07, 6.45) is 6.49. The van der Waals surface area contributed by atoms with Crippen LogP contribution in [0.4, 0.5) is 11.6 Å². The summed E-state index contributed by atoms with van der Waals surface area (Å²) in [5.41, 5.74) is 1.12. The summed E-state index contributed by atoms with van der Waals surface area (Å²) in [5, 5.41) is 5.96. The summed E-state index contributed by atoms with van der Waals surface area (Å²) < 4.78 is 5.37. The Morgan fingerprint density at radius 1 is 1.08 bits per heavy atom. The van der Waals surface area contributed by atoms with Gasteiger partial charge in [0.2, 0.25) is 5.95 Å². The molecule has 2 aromatic rings. The van der Waals surface area contributed by atoms with Crippen molar-refractivity contribution in [1.29, 1.82) is 0 Å². The van der Waals surface area contributed by atoms with Crippen LogP contribution in [0.25, 0.3) is 0 Å². The van der Waals surface area contributed by atoms with Gasteiger partial charge in [0.15, 0.2) is 0 Å². The van der Waals surface area contributed by atoms with Gasteiger partial charge >= 0.3 is 0 Å². The molecule has 0 bridgehead atoms. The molecule has 0 aliphatic heterocycles. The van der Waals surface area contributed by atoms with Gasteiger partial charge in [-0.05, 0) is 37.6 Å². The summed E-state index contributed by atoms with van der Waals surface area (Å²) in [5.74, 6) is 1.08. The van der Waals surface area contributed by atoms with Crippen LogP contribution in [-0.2, 0) is 0 Å². The number of aromatic nitrogens is 2. The highest BCUT2D eigenvalue weighted by molar-refractivity contribution is 6.03. The lowest BCUT2D eigenvalue weighted by molar-refractivity contribution is 0.102. The van der Waals surface area contributed by atoms with Crippen LogP contribution >= 0.6 is 0 Å². The summed E-state index contributed by atoms with van der Waals surface area (Å²) in [6, 6.07) is 7.23. The number of hydrogen-bond acceptors (Lipinski definition) is 5. The van der Waals surface area contributed by atoms with Crippen LogP contribution in [0.15, 0.2) is 36.7 Å². The Morgan fingerprint density at radius 2 is 1.79 bits per heavy atom. The molecule has 0 unspecified atom stereocenters. The van der Waals surface area contributed by atoms with Gasteiger partial charge in [0.05, 0.1) is 12.2 Å². The average molecular weight is 328 g/mol. The van der Waals surface area contributed by atoms with Crippen LogP contribution in [-0.4, -0.2) is 29.0 Å². The van der Waals surface area contributed by atoms with Crippen molar-refractivity contribution < 1.29 is 9.53 Å². The number of nitrogens with one attached hydrogen (secondary N) is 2. The molecule has 0 aliphatic carbocycles. The Morgan fingerprint density at radius 3 is 2.42 bits per heavy atom. The quantitative estimate of drug-likeness (QED) is 0.686. The van der Waals surface area contributed by atoms with E-state index in [1.54, 1.807) is 12.1 Å². The molecule has 1 amide bonds. The standard InChI is InChI=1S/C18H24N4O2/c1-3-5-6-11-19-18-20-12-14(13-21-18)17(23)22-15-7-9-16(10-8-15)24-4-2/h7-10,12-13H,3-6,11H2,1-2H3,(H,22,23)(H,19,20,21). The van der Waals surface area contributed by atoms with Crippen LogP contribution in [0.1, 0.15) is 43.5 Å². The van der Waals surface area contributed by atoms with Gasteiger partial charge in [0.1, 0.15) is 5.75 Å². The highest BCUT2D eigenvalue weighted by atomic mass is 16.5. The molecular formula is C18H24N4O2. The predicted molar refractivity (Wildman–Crippen MR) is 95.6 cm³/mol. The normalized spacial score (nSPS) is 10.2. The second-order valence-corrected chi connectivity index (χ2v) is 5.34. The molecule has 0 spiro atoms. The Hall–Kier alpha value is -2.63. The number of benzene rings is 1. The molecule has 0 atom stereocenters. The smallest absolute Gasteiger partial charge is 0.258 e. The zero-order chi connectivity index (χ0) is 17.2. The summed E-state index contributed by atoms with van der Waals surface area (Å²) in [4.78, 5) is 20.5. The van der Waals surface area contributed by atoms with E-state index < -0.39 is 0 Å². The lowest BCUT2D eigenvalue weighted by Gasteiger charge is -2.08. The Bertz CT molecular complexity index is 626. The van der Waals surface area contributed by atoms with Gasteiger partial charge in [-0.25, -0.2) is 9.97 Å². The monoisotopic (exact) mass is 328 g/mol. The maximum Gasteiger partial charge on any atom is 0.258 e. The van der Waals surface area contributed by atoms with Crippen LogP contribution in [0, 0.1) is 0 Å². The van der Waals surface area contributed by atoms with Crippen molar-refractivity contribution in [3.8, 4) is 5.75 Å². The number of anilines is 2. The molecule has 2 rings (SSSR count). The molecular weight excluding hydrogens is 304 g/mol.